The van der Waals surface area contributed by atoms with E-state index in [0.717, 1.165) is 10.1 Å². The van der Waals surface area contributed by atoms with Crippen molar-refractivity contribution in [3.05, 3.63) is 97.1 Å². The third-order valence-corrected chi connectivity index (χ3v) is 5.45. The molecule has 8 heteroatoms. The second kappa shape index (κ2) is 8.49. The van der Waals surface area contributed by atoms with Gasteiger partial charge in [0.25, 0.3) is 5.56 Å². The van der Waals surface area contributed by atoms with E-state index in [1.807, 2.05) is 12.1 Å². The first kappa shape index (κ1) is 21.0. The van der Waals surface area contributed by atoms with Crippen molar-refractivity contribution in [1.29, 1.82) is 0 Å². The van der Waals surface area contributed by atoms with E-state index in [2.05, 4.69) is 0 Å². The molecule has 0 spiro atoms. The van der Waals surface area contributed by atoms with E-state index < -0.39 is 11.2 Å². The number of hydrogen-bond donors (Lipinski definition) is 0. The van der Waals surface area contributed by atoms with E-state index >= 15 is 0 Å². The second-order valence-corrected chi connectivity index (χ2v) is 7.71. The van der Waals surface area contributed by atoms with E-state index in [9.17, 15) is 9.59 Å². The number of methoxy groups -OCH3 is 2. The highest BCUT2D eigenvalue weighted by molar-refractivity contribution is 6.30. The van der Waals surface area contributed by atoms with Crippen LogP contribution in [-0.2, 0) is 6.54 Å². The molecular formula is C23H18Cl2N2O4. The molecule has 0 unspecified atom stereocenters. The third kappa shape index (κ3) is 3.92. The van der Waals surface area contributed by atoms with E-state index in [-0.39, 0.29) is 6.54 Å². The molecule has 0 atom stereocenters. The Bertz CT molecular complexity index is 1390. The Balaban J connectivity index is 2.08. The van der Waals surface area contributed by atoms with Crippen LogP contribution < -0.4 is 20.7 Å². The molecule has 0 aliphatic rings. The summed E-state index contributed by atoms with van der Waals surface area (Å²) in [6.07, 6.45) is 0. The summed E-state index contributed by atoms with van der Waals surface area (Å²) in [6.45, 7) is 0.208. The first-order valence-corrected chi connectivity index (χ1v) is 10.1. The molecule has 0 aliphatic carbocycles. The van der Waals surface area contributed by atoms with Crippen molar-refractivity contribution >= 4 is 34.1 Å². The fourth-order valence-electron chi connectivity index (χ4n) is 3.48. The number of rotatable bonds is 5. The Hall–Kier alpha value is -3.22. The van der Waals surface area contributed by atoms with Gasteiger partial charge in [-0.1, -0.05) is 35.3 Å². The quantitative estimate of drug-likeness (QED) is 0.442. The van der Waals surface area contributed by atoms with Crippen LogP contribution in [0.5, 0.6) is 11.5 Å². The summed E-state index contributed by atoms with van der Waals surface area (Å²) in [5.41, 5.74) is 0.693. The van der Waals surface area contributed by atoms with Crippen molar-refractivity contribution in [3.8, 4) is 17.2 Å². The number of benzene rings is 3. The molecule has 0 bridgehead atoms. The van der Waals surface area contributed by atoms with E-state index in [0.29, 0.717) is 38.1 Å². The predicted molar refractivity (Wildman–Crippen MR) is 122 cm³/mol. The van der Waals surface area contributed by atoms with Gasteiger partial charge in [0, 0.05) is 16.1 Å². The topological polar surface area (TPSA) is 62.5 Å². The Kier molecular flexibility index (Phi) is 5.76. The fourth-order valence-corrected chi connectivity index (χ4v) is 3.82. The maximum Gasteiger partial charge on any atom is 0.336 e. The summed E-state index contributed by atoms with van der Waals surface area (Å²) < 4.78 is 13.4. The highest BCUT2D eigenvalue weighted by Gasteiger charge is 2.18. The van der Waals surface area contributed by atoms with Crippen LogP contribution >= 0.6 is 23.2 Å². The van der Waals surface area contributed by atoms with Crippen molar-refractivity contribution in [2.45, 2.75) is 6.54 Å². The van der Waals surface area contributed by atoms with Crippen LogP contribution in [0.4, 0.5) is 0 Å². The van der Waals surface area contributed by atoms with E-state index in [4.69, 9.17) is 32.7 Å². The first-order chi connectivity index (χ1) is 14.9. The SMILES string of the molecule is COc1cc2c(=O)n(-c3ccc(Cl)cc3)c(=O)n(Cc3cccc(Cl)c3)c2cc1OC. The van der Waals surface area contributed by atoms with Crippen LogP contribution in [-0.4, -0.2) is 23.4 Å². The summed E-state index contributed by atoms with van der Waals surface area (Å²) in [4.78, 5) is 26.9. The van der Waals surface area contributed by atoms with Gasteiger partial charge >= 0.3 is 5.69 Å². The smallest absolute Gasteiger partial charge is 0.336 e. The first-order valence-electron chi connectivity index (χ1n) is 9.35. The molecule has 0 radical (unpaired) electrons. The maximum atomic E-state index is 13.5. The maximum absolute atomic E-state index is 13.5. The molecular weight excluding hydrogens is 439 g/mol. The minimum atomic E-state index is -0.494. The lowest BCUT2D eigenvalue weighted by Crippen LogP contribution is -2.39. The summed E-state index contributed by atoms with van der Waals surface area (Å²) in [5, 5.41) is 1.37. The molecule has 6 nitrogen and oxygen atoms in total. The lowest BCUT2D eigenvalue weighted by Gasteiger charge is -2.16. The van der Waals surface area contributed by atoms with Gasteiger partial charge < -0.3 is 9.47 Å². The van der Waals surface area contributed by atoms with Gasteiger partial charge in [-0.2, -0.15) is 0 Å². The minimum Gasteiger partial charge on any atom is -0.493 e. The molecule has 3 aromatic carbocycles. The number of ether oxygens (including phenoxy) is 2. The van der Waals surface area contributed by atoms with Crippen LogP contribution in [0.25, 0.3) is 16.6 Å². The summed E-state index contributed by atoms with van der Waals surface area (Å²) in [7, 11) is 2.99. The number of aromatic nitrogens is 2. The van der Waals surface area contributed by atoms with Crippen LogP contribution in [0, 0.1) is 0 Å². The normalized spacial score (nSPS) is 11.0. The standard InChI is InChI=1S/C23H18Cl2N2O4/c1-30-20-11-18-19(12-21(20)31-2)26(13-14-4-3-5-16(25)10-14)23(29)27(22(18)28)17-8-6-15(24)7-9-17/h3-12H,13H2,1-2H3. The van der Waals surface area contributed by atoms with Crippen molar-refractivity contribution < 1.29 is 9.47 Å². The zero-order chi connectivity index (χ0) is 22.1. The largest absolute Gasteiger partial charge is 0.493 e. The van der Waals surface area contributed by atoms with E-state index in [1.165, 1.54) is 18.8 Å². The average molecular weight is 457 g/mol. The molecule has 4 rings (SSSR count). The number of fused-ring (bicyclic) bond motifs is 1. The van der Waals surface area contributed by atoms with Gasteiger partial charge in [0.05, 0.1) is 37.4 Å². The molecule has 0 fully saturated rings. The van der Waals surface area contributed by atoms with Crippen LogP contribution in [0.15, 0.2) is 70.3 Å². The molecule has 0 aliphatic heterocycles. The molecule has 1 heterocycles. The van der Waals surface area contributed by atoms with Gasteiger partial charge in [0.1, 0.15) is 0 Å². The van der Waals surface area contributed by atoms with Crippen molar-refractivity contribution in [2.75, 3.05) is 14.2 Å². The average Bonchev–Trinajstić information content (AvgIpc) is 2.77. The Labute approximate surface area is 187 Å². The van der Waals surface area contributed by atoms with Crippen molar-refractivity contribution in [1.82, 2.24) is 9.13 Å². The van der Waals surface area contributed by atoms with Crippen LogP contribution in [0.2, 0.25) is 10.0 Å². The van der Waals surface area contributed by atoms with Gasteiger partial charge in [-0.3, -0.25) is 9.36 Å². The van der Waals surface area contributed by atoms with Crippen molar-refractivity contribution in [3.63, 3.8) is 0 Å². The molecule has 0 N–H and O–H groups in total. The fraction of sp³-hybridized carbons (Fsp3) is 0.130. The highest BCUT2D eigenvalue weighted by Crippen LogP contribution is 2.31. The van der Waals surface area contributed by atoms with Gasteiger partial charge in [0.15, 0.2) is 11.5 Å². The third-order valence-electron chi connectivity index (χ3n) is 4.96. The monoisotopic (exact) mass is 456 g/mol. The number of halogens is 2. The van der Waals surface area contributed by atoms with E-state index in [1.54, 1.807) is 48.5 Å². The predicted octanol–water partition coefficient (Wildman–Crippen LogP) is 4.52. The van der Waals surface area contributed by atoms with Crippen LogP contribution in [0.1, 0.15) is 5.56 Å². The zero-order valence-electron chi connectivity index (χ0n) is 16.8. The molecule has 0 amide bonds. The second-order valence-electron chi connectivity index (χ2n) is 6.84. The summed E-state index contributed by atoms with van der Waals surface area (Å²) >= 11 is 12.1. The molecule has 31 heavy (non-hydrogen) atoms. The zero-order valence-corrected chi connectivity index (χ0v) is 18.3. The van der Waals surface area contributed by atoms with Gasteiger partial charge in [-0.25, -0.2) is 9.36 Å². The molecule has 4 aromatic rings. The van der Waals surface area contributed by atoms with Gasteiger partial charge in [-0.05, 0) is 48.0 Å². The molecule has 1 aromatic heterocycles. The van der Waals surface area contributed by atoms with Gasteiger partial charge in [-0.15, -0.1) is 0 Å². The lowest BCUT2D eigenvalue weighted by atomic mass is 10.1. The molecule has 0 saturated heterocycles. The summed E-state index contributed by atoms with van der Waals surface area (Å²) in [6, 6.07) is 16.9. The summed E-state index contributed by atoms with van der Waals surface area (Å²) in [5.74, 6) is 0.806. The van der Waals surface area contributed by atoms with Crippen molar-refractivity contribution in [2.24, 2.45) is 0 Å². The lowest BCUT2D eigenvalue weighted by molar-refractivity contribution is 0.355. The Morgan fingerprint density at radius 1 is 0.839 bits per heavy atom. The Morgan fingerprint density at radius 2 is 1.52 bits per heavy atom. The number of hydrogen-bond acceptors (Lipinski definition) is 4. The minimum absolute atomic E-state index is 0.208. The highest BCUT2D eigenvalue weighted by atomic mass is 35.5. The number of nitrogens with zero attached hydrogens (tertiary/aromatic N) is 2. The molecule has 158 valence electrons. The molecule has 0 saturated carbocycles. The van der Waals surface area contributed by atoms with Gasteiger partial charge in [0.2, 0.25) is 0 Å². The van der Waals surface area contributed by atoms with Crippen LogP contribution in [0.3, 0.4) is 0 Å². The Morgan fingerprint density at radius 3 is 2.16 bits per heavy atom.